The Labute approximate surface area is 119 Å². The molecule has 4 aromatic rings. The standard InChI is InChI=1S/C16H10N2OS/c1-2-6-11(7-3-1)13-10-17-15(19-13)16-18-12-8-4-5-9-14(12)20-16/h1-10H. The van der Waals surface area contributed by atoms with Gasteiger partial charge in [-0.25, -0.2) is 9.97 Å². The number of hydrogen-bond donors (Lipinski definition) is 0. The Balaban J connectivity index is 1.78. The zero-order valence-electron chi connectivity index (χ0n) is 10.5. The first-order valence-electron chi connectivity index (χ1n) is 6.27. The summed E-state index contributed by atoms with van der Waals surface area (Å²) in [6, 6.07) is 18.0. The maximum absolute atomic E-state index is 5.82. The van der Waals surface area contributed by atoms with Gasteiger partial charge in [0.25, 0.3) is 5.89 Å². The Morgan fingerprint density at radius 1 is 0.900 bits per heavy atom. The highest BCUT2D eigenvalue weighted by Gasteiger charge is 2.12. The zero-order chi connectivity index (χ0) is 13.4. The lowest BCUT2D eigenvalue weighted by Crippen LogP contribution is -1.73. The van der Waals surface area contributed by atoms with Crippen LogP contribution in [-0.4, -0.2) is 9.97 Å². The van der Waals surface area contributed by atoms with Crippen LogP contribution in [0.5, 0.6) is 0 Å². The van der Waals surface area contributed by atoms with Gasteiger partial charge in [0.1, 0.15) is 0 Å². The molecule has 2 aromatic heterocycles. The average Bonchev–Trinajstić information content (AvgIpc) is 3.14. The Morgan fingerprint density at radius 3 is 2.55 bits per heavy atom. The minimum absolute atomic E-state index is 0.574. The van der Waals surface area contributed by atoms with Crippen LogP contribution in [0.3, 0.4) is 0 Å². The molecule has 0 atom stereocenters. The molecular weight excluding hydrogens is 268 g/mol. The van der Waals surface area contributed by atoms with Crippen molar-refractivity contribution in [2.75, 3.05) is 0 Å². The molecule has 0 saturated carbocycles. The number of fused-ring (bicyclic) bond motifs is 1. The summed E-state index contributed by atoms with van der Waals surface area (Å²) in [6.07, 6.45) is 1.75. The molecule has 0 N–H and O–H groups in total. The number of hydrogen-bond acceptors (Lipinski definition) is 4. The summed E-state index contributed by atoms with van der Waals surface area (Å²) in [4.78, 5) is 8.89. The lowest BCUT2D eigenvalue weighted by molar-refractivity contribution is 0.588. The summed E-state index contributed by atoms with van der Waals surface area (Å²) in [6.45, 7) is 0. The number of nitrogens with zero attached hydrogens (tertiary/aromatic N) is 2. The molecule has 0 saturated heterocycles. The number of thiazole rings is 1. The summed E-state index contributed by atoms with van der Waals surface area (Å²) >= 11 is 1.59. The molecule has 0 bridgehead atoms. The van der Waals surface area contributed by atoms with E-state index in [9.17, 15) is 0 Å². The molecular formula is C16H10N2OS. The Bertz CT molecular complexity index is 831. The lowest BCUT2D eigenvalue weighted by Gasteiger charge is -1.93. The van der Waals surface area contributed by atoms with E-state index in [4.69, 9.17) is 4.42 Å². The third-order valence-electron chi connectivity index (χ3n) is 3.04. The van der Waals surface area contributed by atoms with E-state index >= 15 is 0 Å². The molecule has 0 radical (unpaired) electrons. The first-order chi connectivity index (χ1) is 9.90. The van der Waals surface area contributed by atoms with Gasteiger partial charge in [0.05, 0.1) is 16.4 Å². The zero-order valence-corrected chi connectivity index (χ0v) is 11.3. The minimum Gasteiger partial charge on any atom is -0.434 e. The number of oxazole rings is 1. The van der Waals surface area contributed by atoms with Crippen LogP contribution < -0.4 is 0 Å². The van der Waals surface area contributed by atoms with E-state index < -0.39 is 0 Å². The van der Waals surface area contributed by atoms with Crippen molar-refractivity contribution in [1.82, 2.24) is 9.97 Å². The smallest absolute Gasteiger partial charge is 0.256 e. The maximum Gasteiger partial charge on any atom is 0.256 e. The predicted molar refractivity (Wildman–Crippen MR) is 80.6 cm³/mol. The summed E-state index contributed by atoms with van der Waals surface area (Å²) in [5.41, 5.74) is 2.00. The van der Waals surface area contributed by atoms with Crippen LogP contribution >= 0.6 is 11.3 Å². The van der Waals surface area contributed by atoms with Crippen LogP contribution in [0.2, 0.25) is 0 Å². The van der Waals surface area contributed by atoms with Gasteiger partial charge >= 0.3 is 0 Å². The van der Waals surface area contributed by atoms with Gasteiger partial charge < -0.3 is 4.42 Å². The molecule has 4 heteroatoms. The van der Waals surface area contributed by atoms with E-state index in [-0.39, 0.29) is 0 Å². The summed E-state index contributed by atoms with van der Waals surface area (Å²) in [5.74, 6) is 1.34. The minimum atomic E-state index is 0.574. The van der Waals surface area contributed by atoms with Gasteiger partial charge in [0.15, 0.2) is 10.8 Å². The Hall–Kier alpha value is -2.46. The molecule has 0 amide bonds. The number of rotatable bonds is 2. The van der Waals surface area contributed by atoms with E-state index in [0.29, 0.717) is 5.89 Å². The van der Waals surface area contributed by atoms with Crippen molar-refractivity contribution in [3.8, 4) is 22.2 Å². The van der Waals surface area contributed by atoms with Crippen LogP contribution in [0, 0.1) is 0 Å². The topological polar surface area (TPSA) is 38.9 Å². The lowest BCUT2D eigenvalue weighted by atomic mass is 10.2. The van der Waals surface area contributed by atoms with E-state index in [1.807, 2.05) is 48.5 Å². The van der Waals surface area contributed by atoms with Crippen molar-refractivity contribution in [3.63, 3.8) is 0 Å². The third-order valence-corrected chi connectivity index (χ3v) is 4.07. The largest absolute Gasteiger partial charge is 0.434 e. The van der Waals surface area contributed by atoms with Crippen molar-refractivity contribution in [1.29, 1.82) is 0 Å². The highest BCUT2D eigenvalue weighted by atomic mass is 32.1. The molecule has 3 nitrogen and oxygen atoms in total. The van der Waals surface area contributed by atoms with Gasteiger partial charge in [-0.05, 0) is 12.1 Å². The van der Waals surface area contributed by atoms with Crippen LogP contribution in [0.25, 0.3) is 32.4 Å². The second-order valence-corrected chi connectivity index (χ2v) is 5.41. The van der Waals surface area contributed by atoms with Gasteiger partial charge in [0.2, 0.25) is 0 Å². The van der Waals surface area contributed by atoms with E-state index in [0.717, 1.165) is 26.5 Å². The average molecular weight is 278 g/mol. The van der Waals surface area contributed by atoms with E-state index in [1.165, 1.54) is 0 Å². The highest BCUT2D eigenvalue weighted by Crippen LogP contribution is 2.31. The number of benzene rings is 2. The molecule has 20 heavy (non-hydrogen) atoms. The Morgan fingerprint density at radius 2 is 1.70 bits per heavy atom. The summed E-state index contributed by atoms with van der Waals surface area (Å²) in [7, 11) is 0. The molecule has 0 unspecified atom stereocenters. The second kappa shape index (κ2) is 4.58. The van der Waals surface area contributed by atoms with Crippen molar-refractivity contribution in [2.24, 2.45) is 0 Å². The van der Waals surface area contributed by atoms with Gasteiger partial charge in [-0.15, -0.1) is 11.3 Å². The molecule has 0 aliphatic heterocycles. The molecule has 2 heterocycles. The normalized spacial score (nSPS) is 11.0. The van der Waals surface area contributed by atoms with Gasteiger partial charge in [-0.2, -0.15) is 0 Å². The SMILES string of the molecule is c1ccc(-c2cnc(-c3nc4ccccc4s3)o2)cc1. The first kappa shape index (κ1) is 11.4. The quantitative estimate of drug-likeness (QED) is 0.537. The third kappa shape index (κ3) is 1.90. The van der Waals surface area contributed by atoms with Crippen LogP contribution in [0.15, 0.2) is 65.2 Å². The first-order valence-corrected chi connectivity index (χ1v) is 7.09. The molecule has 2 aromatic carbocycles. The molecule has 0 spiro atoms. The second-order valence-electron chi connectivity index (χ2n) is 4.38. The highest BCUT2D eigenvalue weighted by molar-refractivity contribution is 7.21. The van der Waals surface area contributed by atoms with E-state index in [1.54, 1.807) is 17.5 Å². The molecule has 96 valence electrons. The van der Waals surface area contributed by atoms with Crippen molar-refractivity contribution in [3.05, 3.63) is 60.8 Å². The number of aromatic nitrogens is 2. The van der Waals surface area contributed by atoms with E-state index in [2.05, 4.69) is 16.0 Å². The summed E-state index contributed by atoms with van der Waals surface area (Å²) < 4.78 is 6.96. The van der Waals surface area contributed by atoms with Gasteiger partial charge in [-0.1, -0.05) is 42.5 Å². The fourth-order valence-electron chi connectivity index (χ4n) is 2.07. The monoisotopic (exact) mass is 278 g/mol. The number of para-hydroxylation sites is 1. The van der Waals surface area contributed by atoms with Crippen molar-refractivity contribution < 1.29 is 4.42 Å². The fraction of sp³-hybridized carbons (Fsp3) is 0. The Kier molecular flexibility index (Phi) is 2.60. The van der Waals surface area contributed by atoms with Crippen molar-refractivity contribution in [2.45, 2.75) is 0 Å². The van der Waals surface area contributed by atoms with Crippen LogP contribution in [-0.2, 0) is 0 Å². The van der Waals surface area contributed by atoms with Gasteiger partial charge in [-0.3, -0.25) is 0 Å². The van der Waals surface area contributed by atoms with Crippen LogP contribution in [0.1, 0.15) is 0 Å². The molecule has 0 aliphatic carbocycles. The predicted octanol–water partition coefficient (Wildman–Crippen LogP) is 4.62. The van der Waals surface area contributed by atoms with Gasteiger partial charge in [0, 0.05) is 5.56 Å². The van der Waals surface area contributed by atoms with Crippen molar-refractivity contribution >= 4 is 21.6 Å². The molecule has 0 fully saturated rings. The summed E-state index contributed by atoms with van der Waals surface area (Å²) in [5, 5.41) is 0.813. The fourth-order valence-corrected chi connectivity index (χ4v) is 2.97. The maximum atomic E-state index is 5.82. The molecule has 4 rings (SSSR count). The van der Waals surface area contributed by atoms with Crippen LogP contribution in [0.4, 0.5) is 0 Å². The molecule has 0 aliphatic rings.